The molecule has 4 aromatic rings. The van der Waals surface area contributed by atoms with E-state index in [1.165, 1.54) is 6.33 Å². The Balaban J connectivity index is 1.66. The Labute approximate surface area is 195 Å². The molecule has 0 spiro atoms. The summed E-state index contributed by atoms with van der Waals surface area (Å²) in [6.45, 7) is 5.47. The molecule has 5 rings (SSSR count). The van der Waals surface area contributed by atoms with E-state index in [4.69, 9.17) is 15.1 Å². The molecule has 34 heavy (non-hydrogen) atoms. The van der Waals surface area contributed by atoms with Gasteiger partial charge in [0, 0.05) is 18.5 Å². The van der Waals surface area contributed by atoms with Gasteiger partial charge in [0.25, 0.3) is 11.4 Å². The minimum Gasteiger partial charge on any atom is -0.421 e. The van der Waals surface area contributed by atoms with Crippen molar-refractivity contribution in [2.75, 3.05) is 11.1 Å². The number of nitrogens with two attached hydrogens (primary N) is 1. The van der Waals surface area contributed by atoms with E-state index in [-0.39, 0.29) is 29.4 Å². The molecule has 1 aliphatic carbocycles. The topological polar surface area (TPSA) is 138 Å². The summed E-state index contributed by atoms with van der Waals surface area (Å²) in [6.07, 6.45) is 3.89. The van der Waals surface area contributed by atoms with Crippen molar-refractivity contribution < 1.29 is 4.42 Å². The summed E-state index contributed by atoms with van der Waals surface area (Å²) in [4.78, 5) is 27.1. The molecule has 10 nitrogen and oxygen atoms in total. The summed E-state index contributed by atoms with van der Waals surface area (Å²) < 4.78 is 7.40. The van der Waals surface area contributed by atoms with Gasteiger partial charge < -0.3 is 15.5 Å². The molecule has 3 heterocycles. The molecular weight excluding hydrogens is 432 g/mol. The summed E-state index contributed by atoms with van der Waals surface area (Å²) in [5, 5.41) is 11.9. The van der Waals surface area contributed by atoms with E-state index < -0.39 is 0 Å². The first-order valence-electron chi connectivity index (χ1n) is 11.2. The summed E-state index contributed by atoms with van der Waals surface area (Å²) in [5.41, 5.74) is 7.80. The lowest BCUT2D eigenvalue weighted by molar-refractivity contribution is 0.532. The molecular formula is C24H24N8O2. The lowest BCUT2D eigenvalue weighted by atomic mass is 10.1. The number of aryl methyl sites for hydroxylation is 1. The number of nitrogens with one attached hydrogen (secondary N) is 1. The Morgan fingerprint density at radius 2 is 2.12 bits per heavy atom. The molecule has 3 aromatic heterocycles. The maximum absolute atomic E-state index is 13.7. The predicted molar refractivity (Wildman–Crippen MR) is 128 cm³/mol. The Morgan fingerprint density at radius 3 is 2.79 bits per heavy atom. The average molecular weight is 457 g/mol. The quantitative estimate of drug-likeness (QED) is 0.418. The predicted octanol–water partition coefficient (Wildman–Crippen LogP) is 3.40. The lowest BCUT2D eigenvalue weighted by Gasteiger charge is -2.23. The van der Waals surface area contributed by atoms with E-state index in [2.05, 4.69) is 37.3 Å². The smallest absolute Gasteiger partial charge is 0.262 e. The fraction of sp³-hybridized carbons (Fsp3) is 0.333. The molecule has 0 aliphatic heterocycles. The minimum atomic E-state index is -0.323. The van der Waals surface area contributed by atoms with Crippen LogP contribution in [0.15, 0.2) is 33.7 Å². The zero-order valence-corrected chi connectivity index (χ0v) is 19.2. The first-order chi connectivity index (χ1) is 16.5. The largest absolute Gasteiger partial charge is 0.421 e. The lowest BCUT2D eigenvalue weighted by Crippen LogP contribution is -2.29. The highest BCUT2D eigenvalue weighted by Gasteiger charge is 2.32. The molecule has 0 bridgehead atoms. The van der Waals surface area contributed by atoms with Crippen LogP contribution < -0.4 is 16.6 Å². The van der Waals surface area contributed by atoms with Crippen LogP contribution in [0, 0.1) is 18.8 Å². The minimum absolute atomic E-state index is 0.0731. The molecule has 0 amide bonds. The van der Waals surface area contributed by atoms with Crippen molar-refractivity contribution in [2.24, 2.45) is 0 Å². The van der Waals surface area contributed by atoms with Crippen molar-refractivity contribution in [3.05, 3.63) is 52.2 Å². The monoisotopic (exact) mass is 456 g/mol. The summed E-state index contributed by atoms with van der Waals surface area (Å²) in [7, 11) is 0. The number of hydrogen-bond acceptors (Lipinski definition) is 9. The van der Waals surface area contributed by atoms with Gasteiger partial charge in [-0.3, -0.25) is 9.36 Å². The standard InChI is InChI=1S/C24H24N8O2/c1-4-7-14-8-6-9-17-18(14)24(33)32(15-10-11-15)22(29-17)16(5-2)28-21-19(20(25)26-12-27-21)23-31-30-13(3)34-23/h6,8-9,12,15-16H,5,10-11H2,1-3H3,(H3,25,26,27,28)/t16-/m0/s1. The van der Waals surface area contributed by atoms with Crippen LogP contribution in [0.25, 0.3) is 22.4 Å². The first kappa shape index (κ1) is 21.6. The van der Waals surface area contributed by atoms with E-state index in [9.17, 15) is 4.79 Å². The number of nitrogens with zero attached hydrogens (tertiary/aromatic N) is 6. The van der Waals surface area contributed by atoms with E-state index in [1.807, 2.05) is 29.7 Å². The van der Waals surface area contributed by atoms with Crippen LogP contribution in [0.5, 0.6) is 0 Å². The number of aromatic nitrogens is 6. The summed E-state index contributed by atoms with van der Waals surface area (Å²) in [6, 6.07) is 5.37. The molecule has 1 fully saturated rings. The van der Waals surface area contributed by atoms with Crippen LogP contribution in [0.3, 0.4) is 0 Å². The second-order valence-electron chi connectivity index (χ2n) is 8.16. The third-order valence-corrected chi connectivity index (χ3v) is 5.78. The van der Waals surface area contributed by atoms with E-state index in [0.717, 1.165) is 12.8 Å². The van der Waals surface area contributed by atoms with Crippen LogP contribution in [-0.2, 0) is 0 Å². The van der Waals surface area contributed by atoms with Gasteiger partial charge in [-0.2, -0.15) is 0 Å². The van der Waals surface area contributed by atoms with Crippen LogP contribution >= 0.6 is 0 Å². The fourth-order valence-electron chi connectivity index (χ4n) is 4.06. The van der Waals surface area contributed by atoms with Gasteiger partial charge in [0.1, 0.15) is 29.4 Å². The molecule has 1 aliphatic rings. The van der Waals surface area contributed by atoms with Crippen LogP contribution in [0.2, 0.25) is 0 Å². The van der Waals surface area contributed by atoms with E-state index in [1.54, 1.807) is 13.8 Å². The Bertz CT molecular complexity index is 1510. The van der Waals surface area contributed by atoms with E-state index >= 15 is 0 Å². The Morgan fingerprint density at radius 1 is 1.29 bits per heavy atom. The molecule has 1 saturated carbocycles. The zero-order valence-electron chi connectivity index (χ0n) is 19.2. The van der Waals surface area contributed by atoms with Crippen LogP contribution in [-0.4, -0.2) is 29.7 Å². The van der Waals surface area contributed by atoms with Gasteiger partial charge in [-0.15, -0.1) is 16.1 Å². The second-order valence-corrected chi connectivity index (χ2v) is 8.16. The number of hydrogen-bond donors (Lipinski definition) is 2. The number of nitrogen functional groups attached to an aromatic ring is 1. The number of rotatable bonds is 6. The number of fused-ring (bicyclic) bond motifs is 1. The van der Waals surface area contributed by atoms with Gasteiger partial charge in [-0.05, 0) is 38.3 Å². The van der Waals surface area contributed by atoms with Crippen molar-refractivity contribution in [1.29, 1.82) is 0 Å². The van der Waals surface area contributed by atoms with Crippen LogP contribution in [0.1, 0.15) is 62.5 Å². The van der Waals surface area contributed by atoms with Crippen molar-refractivity contribution >= 4 is 22.5 Å². The highest BCUT2D eigenvalue weighted by Crippen LogP contribution is 2.38. The van der Waals surface area contributed by atoms with Crippen molar-refractivity contribution in [3.63, 3.8) is 0 Å². The van der Waals surface area contributed by atoms with Crippen LogP contribution in [0.4, 0.5) is 11.6 Å². The molecule has 1 aromatic carbocycles. The van der Waals surface area contributed by atoms with Gasteiger partial charge in [-0.1, -0.05) is 18.9 Å². The molecule has 0 saturated heterocycles. The second kappa shape index (κ2) is 8.59. The fourth-order valence-corrected chi connectivity index (χ4v) is 4.06. The third kappa shape index (κ3) is 3.75. The number of anilines is 2. The maximum atomic E-state index is 13.7. The third-order valence-electron chi connectivity index (χ3n) is 5.78. The van der Waals surface area contributed by atoms with Gasteiger partial charge >= 0.3 is 0 Å². The SMILES string of the molecule is CC#Cc1cccc2nc([C@H](CC)Nc3ncnc(N)c3-c3nnc(C)o3)n(C3CC3)c(=O)c12. The highest BCUT2D eigenvalue weighted by atomic mass is 16.4. The molecule has 10 heteroatoms. The molecule has 0 unspecified atom stereocenters. The van der Waals surface area contributed by atoms with Gasteiger partial charge in [0.05, 0.1) is 16.9 Å². The number of benzene rings is 1. The molecule has 1 atom stereocenters. The molecule has 0 radical (unpaired) electrons. The van der Waals surface area contributed by atoms with Crippen molar-refractivity contribution in [3.8, 4) is 23.3 Å². The van der Waals surface area contributed by atoms with Crippen molar-refractivity contribution in [1.82, 2.24) is 29.7 Å². The van der Waals surface area contributed by atoms with Crippen molar-refractivity contribution in [2.45, 2.75) is 52.1 Å². The van der Waals surface area contributed by atoms with E-state index in [0.29, 0.717) is 46.0 Å². The first-order valence-corrected chi connectivity index (χ1v) is 11.2. The molecule has 172 valence electrons. The maximum Gasteiger partial charge on any atom is 0.262 e. The Hall–Kier alpha value is -4.26. The summed E-state index contributed by atoms with van der Waals surface area (Å²) in [5.74, 6) is 7.86. The zero-order chi connectivity index (χ0) is 23.8. The highest BCUT2D eigenvalue weighted by molar-refractivity contribution is 5.84. The normalized spacial score (nSPS) is 14.0. The van der Waals surface area contributed by atoms with Gasteiger partial charge in [-0.25, -0.2) is 15.0 Å². The summed E-state index contributed by atoms with van der Waals surface area (Å²) >= 11 is 0. The van der Waals surface area contributed by atoms with Gasteiger partial charge in [0.15, 0.2) is 0 Å². The molecule has 3 N–H and O–H groups in total. The van der Waals surface area contributed by atoms with Gasteiger partial charge in [0.2, 0.25) is 5.89 Å². The Kier molecular flexibility index (Phi) is 5.45. The average Bonchev–Trinajstić information content (AvgIpc) is 3.57.